The van der Waals surface area contributed by atoms with E-state index in [0.717, 1.165) is 17.4 Å². The van der Waals surface area contributed by atoms with Gasteiger partial charge in [0.1, 0.15) is 5.69 Å². The van der Waals surface area contributed by atoms with E-state index in [1.807, 2.05) is 36.2 Å². The maximum Gasteiger partial charge on any atom is 0.270 e. The predicted molar refractivity (Wildman–Crippen MR) is 86.2 cm³/mol. The van der Waals surface area contributed by atoms with Crippen LogP contribution in [-0.4, -0.2) is 29.4 Å². The lowest BCUT2D eigenvalue weighted by atomic mass is 9.89. The summed E-state index contributed by atoms with van der Waals surface area (Å²) >= 11 is 0. The summed E-state index contributed by atoms with van der Waals surface area (Å²) in [5.41, 5.74) is 8.10. The van der Waals surface area contributed by atoms with Crippen LogP contribution in [0.5, 0.6) is 0 Å². The Labute approximate surface area is 125 Å². The third kappa shape index (κ3) is 2.89. The molecule has 1 fully saturated rings. The molecule has 3 N–H and O–H groups in total. The van der Waals surface area contributed by atoms with Gasteiger partial charge in [0.25, 0.3) is 5.91 Å². The topological polar surface area (TPSA) is 62.1 Å². The Morgan fingerprint density at radius 1 is 1.33 bits per heavy atom. The lowest BCUT2D eigenvalue weighted by Gasteiger charge is -2.26. The van der Waals surface area contributed by atoms with Gasteiger partial charge in [-0.25, -0.2) is 0 Å². The minimum atomic E-state index is 0.0520. The van der Waals surface area contributed by atoms with Crippen LogP contribution in [0.2, 0.25) is 0 Å². The quantitative estimate of drug-likeness (QED) is 0.849. The fourth-order valence-corrected chi connectivity index (χ4v) is 3.34. The number of H-pyrrole nitrogens is 1. The first-order chi connectivity index (χ1) is 10.1. The fraction of sp³-hybridized carbons (Fsp3) is 0.471. The number of aromatic nitrogens is 1. The van der Waals surface area contributed by atoms with Crippen LogP contribution in [0.3, 0.4) is 0 Å². The summed E-state index contributed by atoms with van der Waals surface area (Å²) in [5.74, 6) is 0.707. The first-order valence-corrected chi connectivity index (χ1v) is 7.78. The van der Waals surface area contributed by atoms with Crippen molar-refractivity contribution < 1.29 is 4.79 Å². The molecule has 1 heterocycles. The zero-order valence-electron chi connectivity index (χ0n) is 12.6. The highest BCUT2D eigenvalue weighted by Crippen LogP contribution is 2.25. The van der Waals surface area contributed by atoms with Crippen molar-refractivity contribution in [3.8, 4) is 0 Å². The van der Waals surface area contributed by atoms with Crippen molar-refractivity contribution in [3.63, 3.8) is 0 Å². The van der Waals surface area contributed by atoms with Crippen molar-refractivity contribution in [1.29, 1.82) is 0 Å². The van der Waals surface area contributed by atoms with Crippen LogP contribution in [0.25, 0.3) is 10.9 Å². The molecule has 0 spiro atoms. The number of benzene rings is 1. The molecule has 1 aliphatic carbocycles. The Morgan fingerprint density at radius 2 is 2.10 bits per heavy atom. The Morgan fingerprint density at radius 3 is 2.81 bits per heavy atom. The number of rotatable bonds is 3. The first-order valence-electron chi connectivity index (χ1n) is 7.78. The van der Waals surface area contributed by atoms with Gasteiger partial charge in [-0.15, -0.1) is 0 Å². The lowest BCUT2D eigenvalue weighted by Crippen LogP contribution is -2.32. The van der Waals surface area contributed by atoms with Gasteiger partial charge in [0.15, 0.2) is 0 Å². The second-order valence-corrected chi connectivity index (χ2v) is 6.18. The molecule has 0 unspecified atom stereocenters. The van der Waals surface area contributed by atoms with E-state index >= 15 is 0 Å². The molecule has 0 aliphatic heterocycles. The number of anilines is 1. The average molecular weight is 285 g/mol. The minimum Gasteiger partial charge on any atom is -0.397 e. The molecule has 1 amide bonds. The van der Waals surface area contributed by atoms with Crippen molar-refractivity contribution in [2.45, 2.75) is 32.1 Å². The molecule has 4 nitrogen and oxygen atoms in total. The van der Waals surface area contributed by atoms with Gasteiger partial charge in [-0.2, -0.15) is 0 Å². The summed E-state index contributed by atoms with van der Waals surface area (Å²) in [7, 11) is 1.89. The highest BCUT2D eigenvalue weighted by atomic mass is 16.2. The average Bonchev–Trinajstić information content (AvgIpc) is 2.93. The second-order valence-electron chi connectivity index (χ2n) is 6.18. The monoisotopic (exact) mass is 285 g/mol. The largest absolute Gasteiger partial charge is 0.397 e. The normalized spacial score (nSPS) is 16.2. The first kappa shape index (κ1) is 14.0. The minimum absolute atomic E-state index is 0.0520. The Balaban J connectivity index is 1.74. The number of nitrogens with one attached hydrogen (secondary N) is 1. The van der Waals surface area contributed by atoms with Crippen LogP contribution in [0.1, 0.15) is 42.6 Å². The maximum atomic E-state index is 12.6. The van der Waals surface area contributed by atoms with Gasteiger partial charge in [0, 0.05) is 19.0 Å². The summed E-state index contributed by atoms with van der Waals surface area (Å²) in [4.78, 5) is 17.6. The molecule has 0 radical (unpaired) electrons. The molecule has 3 rings (SSSR count). The number of hydrogen-bond acceptors (Lipinski definition) is 2. The molecular formula is C17H23N3O. The van der Waals surface area contributed by atoms with E-state index < -0.39 is 0 Å². The standard InChI is InChI=1S/C17H23N3O/c1-20(11-12-6-3-2-4-7-12)17(21)15-10-13-8-5-9-14(18)16(13)19-15/h5,8-10,12,19H,2-4,6-7,11,18H2,1H3. The van der Waals surface area contributed by atoms with E-state index in [2.05, 4.69) is 4.98 Å². The highest BCUT2D eigenvalue weighted by molar-refractivity contribution is 6.00. The number of fused-ring (bicyclic) bond motifs is 1. The number of hydrogen-bond donors (Lipinski definition) is 2. The van der Waals surface area contributed by atoms with Crippen LogP contribution in [0, 0.1) is 5.92 Å². The molecule has 21 heavy (non-hydrogen) atoms. The third-order valence-electron chi connectivity index (χ3n) is 4.52. The van der Waals surface area contributed by atoms with Gasteiger partial charge < -0.3 is 15.6 Å². The number of amides is 1. The smallest absolute Gasteiger partial charge is 0.270 e. The number of carbonyl (C=O) groups is 1. The van der Waals surface area contributed by atoms with Gasteiger partial charge in [-0.05, 0) is 30.9 Å². The summed E-state index contributed by atoms with van der Waals surface area (Å²) in [6.07, 6.45) is 6.44. The summed E-state index contributed by atoms with van der Waals surface area (Å²) in [6.45, 7) is 0.851. The number of para-hydroxylation sites is 1. The molecule has 0 bridgehead atoms. The van der Waals surface area contributed by atoms with Crippen LogP contribution in [-0.2, 0) is 0 Å². The number of nitrogens with two attached hydrogens (primary N) is 1. The molecule has 0 saturated heterocycles. The molecule has 0 atom stereocenters. The molecule has 112 valence electrons. The van der Waals surface area contributed by atoms with Gasteiger partial charge in [0.2, 0.25) is 0 Å². The second kappa shape index (κ2) is 5.80. The van der Waals surface area contributed by atoms with Crippen molar-refractivity contribution in [2.24, 2.45) is 5.92 Å². The SMILES string of the molecule is CN(CC1CCCCC1)C(=O)c1cc2cccc(N)c2[nH]1. The molecule has 2 aromatic rings. The number of carbonyl (C=O) groups excluding carboxylic acids is 1. The molecule has 4 heteroatoms. The van der Waals surface area contributed by atoms with E-state index in [1.54, 1.807) is 0 Å². The molecule has 1 aromatic carbocycles. The van der Waals surface area contributed by atoms with Gasteiger partial charge in [-0.3, -0.25) is 4.79 Å². The molecular weight excluding hydrogens is 262 g/mol. The van der Waals surface area contributed by atoms with Gasteiger partial charge in [0.05, 0.1) is 11.2 Å². The molecule has 1 aliphatic rings. The third-order valence-corrected chi connectivity index (χ3v) is 4.52. The van der Waals surface area contributed by atoms with Crippen LogP contribution in [0.4, 0.5) is 5.69 Å². The van der Waals surface area contributed by atoms with Crippen molar-refractivity contribution >= 4 is 22.5 Å². The number of nitrogen functional groups attached to an aromatic ring is 1. The van der Waals surface area contributed by atoms with Crippen LogP contribution >= 0.6 is 0 Å². The zero-order chi connectivity index (χ0) is 14.8. The van der Waals surface area contributed by atoms with E-state index in [0.29, 0.717) is 17.3 Å². The van der Waals surface area contributed by atoms with Gasteiger partial charge >= 0.3 is 0 Å². The summed E-state index contributed by atoms with van der Waals surface area (Å²) in [5, 5.41) is 0.990. The highest BCUT2D eigenvalue weighted by Gasteiger charge is 2.20. The Bertz CT molecular complexity index is 641. The summed E-state index contributed by atoms with van der Waals surface area (Å²) < 4.78 is 0. The van der Waals surface area contributed by atoms with E-state index in [-0.39, 0.29) is 5.91 Å². The van der Waals surface area contributed by atoms with E-state index in [9.17, 15) is 4.79 Å². The van der Waals surface area contributed by atoms with Crippen LogP contribution < -0.4 is 5.73 Å². The van der Waals surface area contributed by atoms with Crippen molar-refractivity contribution in [1.82, 2.24) is 9.88 Å². The van der Waals surface area contributed by atoms with Crippen LogP contribution in [0.15, 0.2) is 24.3 Å². The number of nitrogens with zero attached hydrogens (tertiary/aromatic N) is 1. The van der Waals surface area contributed by atoms with Crippen molar-refractivity contribution in [2.75, 3.05) is 19.3 Å². The van der Waals surface area contributed by atoms with Gasteiger partial charge in [-0.1, -0.05) is 31.4 Å². The van der Waals surface area contributed by atoms with E-state index in [1.165, 1.54) is 32.1 Å². The zero-order valence-corrected chi connectivity index (χ0v) is 12.6. The predicted octanol–water partition coefficient (Wildman–Crippen LogP) is 3.40. The number of aromatic amines is 1. The lowest BCUT2D eigenvalue weighted by molar-refractivity contribution is 0.0756. The Kier molecular flexibility index (Phi) is 3.86. The Hall–Kier alpha value is -1.97. The van der Waals surface area contributed by atoms with E-state index in [4.69, 9.17) is 5.73 Å². The molecule has 1 aromatic heterocycles. The molecule has 1 saturated carbocycles. The maximum absolute atomic E-state index is 12.6. The van der Waals surface area contributed by atoms with Crippen molar-refractivity contribution in [3.05, 3.63) is 30.0 Å². The fourth-order valence-electron chi connectivity index (χ4n) is 3.34. The summed E-state index contributed by atoms with van der Waals surface area (Å²) in [6, 6.07) is 7.62.